The van der Waals surface area contributed by atoms with Crippen molar-refractivity contribution in [1.29, 1.82) is 0 Å². The zero-order chi connectivity index (χ0) is 8.31. The first-order valence-electron chi connectivity index (χ1n) is 2.28. The van der Waals surface area contributed by atoms with Gasteiger partial charge in [-0.2, -0.15) is 0 Å². The van der Waals surface area contributed by atoms with Crippen LogP contribution in [-0.2, 0) is 9.59 Å². The molecule has 12 heavy (non-hydrogen) atoms. The first-order valence-corrected chi connectivity index (χ1v) is 2.28. The van der Waals surface area contributed by atoms with Crippen LogP contribution in [0.25, 0.3) is 0 Å². The molecule has 2 atom stereocenters. The number of hydrogen-bond acceptors (Lipinski definition) is 4. The quantitative estimate of drug-likeness (QED) is 0.371. The minimum Gasteiger partial charge on any atom is -1.00 e. The zero-order valence-electron chi connectivity index (χ0n) is 6.14. The molecule has 8 heteroatoms. The summed E-state index contributed by atoms with van der Waals surface area (Å²) in [7, 11) is 0. The number of carboxylic acid groups (broad SMARTS) is 2. The topological polar surface area (TPSA) is 115 Å². The van der Waals surface area contributed by atoms with Gasteiger partial charge in [-0.1, -0.05) is 0 Å². The molecule has 0 bridgehead atoms. The maximum absolute atomic E-state index is 9.77. The van der Waals surface area contributed by atoms with Crippen molar-refractivity contribution in [2.24, 2.45) is 0 Å². The number of aliphatic carboxylic acids is 2. The molecule has 0 aliphatic heterocycles. The van der Waals surface area contributed by atoms with Gasteiger partial charge in [0.1, 0.15) is 0 Å². The number of halogens is 1. The molecule has 0 aromatic heterocycles. The van der Waals surface area contributed by atoms with Crippen molar-refractivity contribution in [3.8, 4) is 0 Å². The average Bonchev–Trinajstić information content (AvgIpc) is 1.84. The number of hydrogen-bond donors (Lipinski definition) is 4. The van der Waals surface area contributed by atoms with Gasteiger partial charge in [-0.3, -0.25) is 0 Å². The number of carboxylic acids is 2. The number of rotatable bonds is 3. The summed E-state index contributed by atoms with van der Waals surface area (Å²) in [5.41, 5.74) is 0. The van der Waals surface area contributed by atoms with Crippen LogP contribution in [0.5, 0.6) is 0 Å². The third-order valence-electron chi connectivity index (χ3n) is 0.805. The van der Waals surface area contributed by atoms with Crippen LogP contribution in [0.15, 0.2) is 0 Å². The molecule has 66 valence electrons. The Balaban J connectivity index is -0.000000405. The van der Waals surface area contributed by atoms with E-state index in [4.69, 9.17) is 20.4 Å². The molecule has 0 aromatic carbocycles. The second-order valence-electron chi connectivity index (χ2n) is 1.57. The van der Waals surface area contributed by atoms with E-state index in [9.17, 15) is 9.59 Å². The minimum atomic E-state index is -2.27. The second kappa shape index (κ2) is 7.96. The van der Waals surface area contributed by atoms with E-state index in [0.29, 0.717) is 0 Å². The number of aliphatic hydroxyl groups is 2. The van der Waals surface area contributed by atoms with Crippen LogP contribution in [-0.4, -0.2) is 44.6 Å². The van der Waals surface area contributed by atoms with Crippen LogP contribution < -0.4 is 46.5 Å². The maximum atomic E-state index is 9.77. The predicted octanol–water partition coefficient (Wildman–Crippen LogP) is -8.11. The molecular weight excluding hydrogens is 247 g/mol. The Hall–Kier alpha value is 0.340. The van der Waals surface area contributed by atoms with Gasteiger partial charge in [0.2, 0.25) is 0 Å². The summed E-state index contributed by atoms with van der Waals surface area (Å²) < 4.78 is 0. The van der Waals surface area contributed by atoms with Crippen LogP contribution in [0.1, 0.15) is 0 Å². The molecule has 0 amide bonds. The van der Waals surface area contributed by atoms with E-state index in [2.05, 4.69) is 0 Å². The summed E-state index contributed by atoms with van der Waals surface area (Å²) in [6, 6.07) is 0. The summed E-state index contributed by atoms with van der Waals surface area (Å²) in [6.07, 6.45) is -4.53. The smallest absolute Gasteiger partial charge is 1.00 e. The second-order valence-corrected chi connectivity index (χ2v) is 1.57. The van der Waals surface area contributed by atoms with Crippen molar-refractivity contribution in [3.63, 3.8) is 0 Å². The van der Waals surface area contributed by atoms with E-state index in [1.54, 1.807) is 0 Å². The van der Waals surface area contributed by atoms with Gasteiger partial charge in [0.25, 0.3) is 0 Å². The summed E-state index contributed by atoms with van der Waals surface area (Å²) in [5, 5.41) is 32.5. The third kappa shape index (κ3) is 5.92. The summed E-state index contributed by atoms with van der Waals surface area (Å²) in [5.74, 6) is -3.54. The van der Waals surface area contributed by atoms with Gasteiger partial charge in [0, 0.05) is 0 Å². The van der Waals surface area contributed by atoms with Crippen LogP contribution >= 0.6 is 0 Å². The van der Waals surface area contributed by atoms with Crippen molar-refractivity contribution in [2.75, 3.05) is 0 Å². The van der Waals surface area contributed by atoms with Crippen molar-refractivity contribution in [1.82, 2.24) is 0 Å². The Morgan fingerprint density at radius 2 is 1.08 bits per heavy atom. The van der Waals surface area contributed by atoms with Crippen LogP contribution in [0.3, 0.4) is 0 Å². The van der Waals surface area contributed by atoms with E-state index >= 15 is 0 Å². The molecule has 0 saturated carbocycles. The molecule has 0 rings (SSSR count). The molecule has 0 radical (unpaired) electrons. The largest absolute Gasteiger partial charge is 1.00 e. The van der Waals surface area contributed by atoms with Gasteiger partial charge >= 0.3 is 41.5 Å². The molecule has 0 spiro atoms. The van der Waals surface area contributed by atoms with Crippen molar-refractivity contribution in [3.05, 3.63) is 0 Å². The van der Waals surface area contributed by atoms with E-state index in [0.717, 1.165) is 0 Å². The molecule has 0 aliphatic carbocycles. The summed E-state index contributed by atoms with van der Waals surface area (Å²) in [4.78, 5) is 19.5. The fourth-order valence-corrected chi connectivity index (χ4v) is 0.270. The van der Waals surface area contributed by atoms with Crippen LogP contribution in [0, 0.1) is 0 Å². The number of aliphatic hydroxyl groups excluding tert-OH is 2. The van der Waals surface area contributed by atoms with Crippen molar-refractivity contribution in [2.45, 2.75) is 12.2 Å². The van der Waals surface area contributed by atoms with Gasteiger partial charge in [-0.25, -0.2) is 9.59 Å². The van der Waals surface area contributed by atoms with Gasteiger partial charge in [0.05, 0.1) is 0 Å². The standard InChI is InChI=1S/C4H6O6.BrH.Na/c5-1(3(7)8)2(6)4(9)10;;/h1-2,5-6H,(H,7,8)(H,9,10);1H;/q;;+1/p-1. The summed E-state index contributed by atoms with van der Waals surface area (Å²) in [6.45, 7) is 0. The van der Waals surface area contributed by atoms with Gasteiger partial charge < -0.3 is 37.4 Å². The fourth-order valence-electron chi connectivity index (χ4n) is 0.270. The average molecular weight is 253 g/mol. The van der Waals surface area contributed by atoms with E-state index in [-0.39, 0.29) is 46.5 Å². The molecule has 2 unspecified atom stereocenters. The Bertz CT molecular complexity index is 144. The molecular formula is C4H6BrNaO6. The third-order valence-corrected chi connectivity index (χ3v) is 0.805. The van der Waals surface area contributed by atoms with E-state index < -0.39 is 24.1 Å². The predicted molar refractivity (Wildman–Crippen MR) is 27.3 cm³/mol. The van der Waals surface area contributed by atoms with Crippen LogP contribution in [0.4, 0.5) is 0 Å². The summed E-state index contributed by atoms with van der Waals surface area (Å²) >= 11 is 0. The Kier molecular flexibility index (Phi) is 12.1. The molecule has 0 fully saturated rings. The minimum absolute atomic E-state index is 0. The fraction of sp³-hybridized carbons (Fsp3) is 0.500. The molecule has 4 N–H and O–H groups in total. The molecule has 0 aliphatic rings. The Morgan fingerprint density at radius 3 is 1.17 bits per heavy atom. The SMILES string of the molecule is O=C(O)C(O)C(O)C(=O)O.[Br-].[Na+]. The van der Waals surface area contributed by atoms with Crippen molar-refractivity contribution >= 4 is 11.9 Å². The Labute approximate surface area is 100 Å². The monoisotopic (exact) mass is 252 g/mol. The van der Waals surface area contributed by atoms with Gasteiger partial charge in [0.15, 0.2) is 12.2 Å². The zero-order valence-corrected chi connectivity index (χ0v) is 9.72. The molecule has 0 aromatic rings. The van der Waals surface area contributed by atoms with E-state index in [1.165, 1.54) is 0 Å². The van der Waals surface area contributed by atoms with E-state index in [1.807, 2.05) is 0 Å². The van der Waals surface area contributed by atoms with Gasteiger partial charge in [-0.05, 0) is 0 Å². The molecule has 0 saturated heterocycles. The van der Waals surface area contributed by atoms with Gasteiger partial charge in [-0.15, -0.1) is 0 Å². The first kappa shape index (κ1) is 18.2. The first-order chi connectivity index (χ1) is 4.46. The normalized spacial score (nSPS) is 13.2. The van der Waals surface area contributed by atoms with Crippen molar-refractivity contribution < 1.29 is 76.6 Å². The molecule has 6 nitrogen and oxygen atoms in total. The van der Waals surface area contributed by atoms with Crippen LogP contribution in [0.2, 0.25) is 0 Å². The number of carbonyl (C=O) groups is 2. The Morgan fingerprint density at radius 1 is 0.917 bits per heavy atom. The maximum Gasteiger partial charge on any atom is 1.00 e. The molecule has 0 heterocycles.